The number of ketones is 1. The van der Waals surface area contributed by atoms with E-state index in [1.807, 2.05) is 0 Å². The van der Waals surface area contributed by atoms with E-state index in [1.165, 1.54) is 13.8 Å². The number of hydrogen-bond donors (Lipinski definition) is 1. The van der Waals surface area contributed by atoms with Gasteiger partial charge in [-0.1, -0.05) is 15.9 Å². The minimum atomic E-state index is -1.68. The van der Waals surface area contributed by atoms with E-state index in [0.29, 0.717) is 10.0 Å². The molecule has 0 radical (unpaired) electrons. The number of nitro groups is 1. The summed E-state index contributed by atoms with van der Waals surface area (Å²) in [6, 6.07) is 3.27. The molecule has 6 nitrogen and oxygen atoms in total. The molecule has 1 aromatic carbocycles. The highest BCUT2D eigenvalue weighted by molar-refractivity contribution is 9.10. The molecule has 0 bridgehead atoms. The largest absolute Gasteiger partial charge is 0.472 e. The van der Waals surface area contributed by atoms with Crippen LogP contribution in [0.4, 0.5) is 0 Å². The molecule has 102 valence electrons. The van der Waals surface area contributed by atoms with E-state index in [4.69, 9.17) is 4.74 Å². The molecule has 0 spiro atoms. The predicted molar refractivity (Wildman–Crippen MR) is 69.6 cm³/mol. The Kier molecular flexibility index (Phi) is 3.36. The van der Waals surface area contributed by atoms with E-state index in [-0.39, 0.29) is 5.75 Å². The van der Waals surface area contributed by atoms with Gasteiger partial charge >= 0.3 is 0 Å². The van der Waals surface area contributed by atoms with Crippen molar-refractivity contribution in [1.82, 2.24) is 0 Å². The Hall–Kier alpha value is -1.47. The third kappa shape index (κ3) is 2.12. The summed E-state index contributed by atoms with van der Waals surface area (Å²) in [5.74, 6) is -0.215. The van der Waals surface area contributed by atoms with Crippen molar-refractivity contribution in [2.75, 3.05) is 0 Å². The van der Waals surface area contributed by atoms with Crippen molar-refractivity contribution in [3.63, 3.8) is 0 Å². The third-order valence-corrected chi connectivity index (χ3v) is 3.90. The number of aliphatic hydroxyl groups is 1. The first kappa shape index (κ1) is 14.0. The molecule has 0 saturated carbocycles. The van der Waals surface area contributed by atoms with Crippen LogP contribution in [0.15, 0.2) is 22.7 Å². The van der Waals surface area contributed by atoms with E-state index in [9.17, 15) is 20.0 Å². The van der Waals surface area contributed by atoms with Gasteiger partial charge in [0, 0.05) is 15.0 Å². The number of fused-ring (bicyclic) bond motifs is 1. The number of rotatable bonds is 2. The topological polar surface area (TPSA) is 89.7 Å². The van der Waals surface area contributed by atoms with Gasteiger partial charge in [-0.25, -0.2) is 0 Å². The maximum Gasteiger partial charge on any atom is 0.288 e. The first-order chi connectivity index (χ1) is 8.77. The van der Waals surface area contributed by atoms with E-state index < -0.39 is 28.5 Å². The van der Waals surface area contributed by atoms with Gasteiger partial charge < -0.3 is 9.84 Å². The molecule has 0 amide bonds. The Morgan fingerprint density at radius 3 is 2.74 bits per heavy atom. The second kappa shape index (κ2) is 4.57. The molecule has 3 atom stereocenters. The number of hydrogen-bond acceptors (Lipinski definition) is 5. The molecule has 1 aromatic rings. The second-order valence-electron chi connectivity index (χ2n) is 4.62. The lowest BCUT2D eigenvalue weighted by Gasteiger charge is -2.38. The Bertz CT molecular complexity index is 561. The Balaban J connectivity index is 2.61. The average molecular weight is 330 g/mol. The SMILES string of the molecule is CC(=O)C1(C)Oc2ccc(Br)cc2C(O)C1[N+](=O)[O-]. The molecule has 2 rings (SSSR count). The Labute approximate surface area is 117 Å². The molecular weight excluding hydrogens is 318 g/mol. The summed E-state index contributed by atoms with van der Waals surface area (Å²) in [7, 11) is 0. The Morgan fingerprint density at radius 2 is 2.21 bits per heavy atom. The van der Waals surface area contributed by atoms with Gasteiger partial charge in [-0.15, -0.1) is 0 Å². The van der Waals surface area contributed by atoms with E-state index in [1.54, 1.807) is 18.2 Å². The van der Waals surface area contributed by atoms with Crippen LogP contribution in [0, 0.1) is 10.1 Å². The van der Waals surface area contributed by atoms with Gasteiger partial charge in [0.2, 0.25) is 5.60 Å². The van der Waals surface area contributed by atoms with Crippen molar-refractivity contribution in [2.45, 2.75) is 31.6 Å². The van der Waals surface area contributed by atoms with Crippen LogP contribution in [0.1, 0.15) is 25.5 Å². The van der Waals surface area contributed by atoms with Crippen molar-refractivity contribution in [2.24, 2.45) is 0 Å². The first-order valence-electron chi connectivity index (χ1n) is 5.58. The smallest absolute Gasteiger partial charge is 0.288 e. The molecule has 1 aliphatic rings. The van der Waals surface area contributed by atoms with E-state index >= 15 is 0 Å². The molecule has 3 unspecified atom stereocenters. The molecule has 1 aliphatic heterocycles. The highest BCUT2D eigenvalue weighted by Gasteiger charge is 2.57. The molecule has 19 heavy (non-hydrogen) atoms. The lowest BCUT2D eigenvalue weighted by molar-refractivity contribution is -0.553. The summed E-state index contributed by atoms with van der Waals surface area (Å²) in [5, 5.41) is 21.4. The zero-order valence-electron chi connectivity index (χ0n) is 10.3. The molecular formula is C12H12BrNO5. The van der Waals surface area contributed by atoms with E-state index in [0.717, 1.165) is 0 Å². The van der Waals surface area contributed by atoms with E-state index in [2.05, 4.69) is 15.9 Å². The van der Waals surface area contributed by atoms with Crippen LogP contribution in [0.25, 0.3) is 0 Å². The van der Waals surface area contributed by atoms with Gasteiger partial charge in [-0.05, 0) is 32.0 Å². The van der Waals surface area contributed by atoms with Crippen molar-refractivity contribution < 1.29 is 19.6 Å². The molecule has 7 heteroatoms. The highest BCUT2D eigenvalue weighted by Crippen LogP contribution is 2.42. The number of benzene rings is 1. The number of nitrogens with zero attached hydrogens (tertiary/aromatic N) is 1. The zero-order valence-corrected chi connectivity index (χ0v) is 11.9. The van der Waals surface area contributed by atoms with Crippen molar-refractivity contribution in [1.29, 1.82) is 0 Å². The maximum atomic E-state index is 11.7. The molecule has 1 heterocycles. The van der Waals surface area contributed by atoms with Crippen LogP contribution < -0.4 is 4.74 Å². The van der Waals surface area contributed by atoms with Crippen LogP contribution in [0.2, 0.25) is 0 Å². The monoisotopic (exact) mass is 329 g/mol. The summed E-state index contributed by atoms with van der Waals surface area (Å²) in [6.07, 6.45) is -1.40. The van der Waals surface area contributed by atoms with Crippen molar-refractivity contribution in [3.8, 4) is 5.75 Å². The average Bonchev–Trinajstić information content (AvgIpc) is 2.29. The van der Waals surface area contributed by atoms with Crippen LogP contribution >= 0.6 is 15.9 Å². The minimum absolute atomic E-state index is 0.284. The van der Waals surface area contributed by atoms with Gasteiger partial charge in [0.15, 0.2) is 11.9 Å². The number of aliphatic hydroxyl groups excluding tert-OH is 1. The van der Waals surface area contributed by atoms with Crippen LogP contribution in [-0.2, 0) is 4.79 Å². The normalized spacial score (nSPS) is 29.3. The van der Waals surface area contributed by atoms with Crippen molar-refractivity contribution >= 4 is 21.7 Å². The lowest BCUT2D eigenvalue weighted by atomic mass is 9.83. The molecule has 0 aliphatic carbocycles. The molecule has 0 aromatic heterocycles. The van der Waals surface area contributed by atoms with Crippen LogP contribution in [-0.4, -0.2) is 27.5 Å². The van der Waals surface area contributed by atoms with Crippen molar-refractivity contribution in [3.05, 3.63) is 38.3 Å². The predicted octanol–water partition coefficient (Wildman–Crippen LogP) is 1.87. The fourth-order valence-electron chi connectivity index (χ4n) is 2.20. The quantitative estimate of drug-likeness (QED) is 0.660. The Morgan fingerprint density at radius 1 is 1.58 bits per heavy atom. The third-order valence-electron chi connectivity index (χ3n) is 3.40. The fraction of sp³-hybridized carbons (Fsp3) is 0.417. The minimum Gasteiger partial charge on any atom is -0.472 e. The van der Waals surface area contributed by atoms with Gasteiger partial charge in [0.1, 0.15) is 5.75 Å². The summed E-state index contributed by atoms with van der Waals surface area (Å²) >= 11 is 3.23. The maximum absolute atomic E-state index is 11.7. The summed E-state index contributed by atoms with van der Waals surface area (Å²) < 4.78 is 6.18. The van der Waals surface area contributed by atoms with Crippen LogP contribution in [0.5, 0.6) is 5.75 Å². The van der Waals surface area contributed by atoms with Gasteiger partial charge in [-0.3, -0.25) is 14.9 Å². The number of carbonyl (C=O) groups is 1. The lowest BCUT2D eigenvalue weighted by Crippen LogP contribution is -2.59. The van der Waals surface area contributed by atoms with Gasteiger partial charge in [-0.2, -0.15) is 0 Å². The van der Waals surface area contributed by atoms with Gasteiger partial charge in [0.05, 0.1) is 0 Å². The van der Waals surface area contributed by atoms with Gasteiger partial charge in [0.25, 0.3) is 6.04 Å². The zero-order chi connectivity index (χ0) is 14.4. The molecule has 0 saturated heterocycles. The summed E-state index contributed by atoms with van der Waals surface area (Å²) in [6.45, 7) is 2.55. The standard InChI is InChI=1S/C12H12BrNO5/c1-6(15)12(2)11(14(17)18)10(16)8-5-7(13)3-4-9(8)19-12/h3-5,10-11,16H,1-2H3. The number of halogens is 1. The number of Topliss-reactive ketones (excluding diaryl/α,β-unsaturated/α-hetero) is 1. The second-order valence-corrected chi connectivity index (χ2v) is 5.54. The summed E-state index contributed by atoms with van der Waals surface area (Å²) in [5.41, 5.74) is -1.38. The fourth-order valence-corrected chi connectivity index (χ4v) is 2.58. The van der Waals surface area contributed by atoms with Crippen LogP contribution in [0.3, 0.4) is 0 Å². The summed E-state index contributed by atoms with van der Waals surface area (Å²) in [4.78, 5) is 22.2. The number of ether oxygens (including phenoxy) is 1. The molecule has 1 N–H and O–H groups in total. The first-order valence-corrected chi connectivity index (χ1v) is 6.37. The molecule has 0 fully saturated rings. The number of carbonyl (C=O) groups excluding carboxylic acids is 1. The highest BCUT2D eigenvalue weighted by atomic mass is 79.9.